The van der Waals surface area contributed by atoms with Crippen molar-refractivity contribution in [1.29, 1.82) is 5.26 Å². The van der Waals surface area contributed by atoms with Crippen molar-refractivity contribution in [2.24, 2.45) is 5.92 Å². The van der Waals surface area contributed by atoms with E-state index in [1.165, 1.54) is 0 Å². The molecule has 0 aliphatic rings. The molecule has 0 aliphatic heterocycles. The normalized spacial score (nSPS) is 11.4. The minimum atomic E-state index is -0.685. The number of nitrogens with one attached hydrogen (secondary N) is 2. The number of hydrogen-bond acceptors (Lipinski definition) is 4. The molecule has 0 aliphatic carbocycles. The predicted octanol–water partition coefficient (Wildman–Crippen LogP) is 3.05. The Morgan fingerprint density at radius 2 is 1.75 bits per heavy atom. The van der Waals surface area contributed by atoms with Crippen LogP contribution in [0.4, 0.5) is 0 Å². The number of ether oxygens (including phenoxy) is 1. The highest BCUT2D eigenvalue weighted by Crippen LogP contribution is 2.15. The van der Waals surface area contributed by atoms with Crippen molar-refractivity contribution >= 4 is 11.8 Å². The molecule has 0 spiro atoms. The van der Waals surface area contributed by atoms with Crippen LogP contribution in [0, 0.1) is 17.2 Å². The van der Waals surface area contributed by atoms with E-state index in [1.807, 2.05) is 50.2 Å². The summed E-state index contributed by atoms with van der Waals surface area (Å²) in [5, 5.41) is 13.9. The first-order chi connectivity index (χ1) is 13.5. The van der Waals surface area contributed by atoms with Gasteiger partial charge in [0.1, 0.15) is 24.9 Å². The molecule has 2 rings (SSSR count). The molecule has 2 N–H and O–H groups in total. The summed E-state index contributed by atoms with van der Waals surface area (Å²) in [7, 11) is 0. The molecule has 0 saturated heterocycles. The molecular weight excluding hydrogens is 354 g/mol. The van der Waals surface area contributed by atoms with Crippen molar-refractivity contribution in [2.75, 3.05) is 6.54 Å². The van der Waals surface area contributed by atoms with Crippen LogP contribution in [0.15, 0.2) is 54.6 Å². The molecule has 0 bridgehead atoms. The fraction of sp³-hybridized carbons (Fsp3) is 0.318. The summed E-state index contributed by atoms with van der Waals surface area (Å²) < 4.78 is 5.72. The lowest BCUT2D eigenvalue weighted by Gasteiger charge is -2.19. The van der Waals surface area contributed by atoms with Gasteiger partial charge in [0.05, 0.1) is 6.07 Å². The summed E-state index contributed by atoms with van der Waals surface area (Å²) in [6.07, 6.45) is 0.487. The zero-order valence-electron chi connectivity index (χ0n) is 16.1. The summed E-state index contributed by atoms with van der Waals surface area (Å²) >= 11 is 0. The van der Waals surface area contributed by atoms with Crippen molar-refractivity contribution in [2.45, 2.75) is 32.9 Å². The lowest BCUT2D eigenvalue weighted by molar-refractivity contribution is -0.123. The average molecular weight is 379 g/mol. The fourth-order valence-corrected chi connectivity index (χ4v) is 2.64. The third-order valence-corrected chi connectivity index (χ3v) is 4.04. The topological polar surface area (TPSA) is 91.2 Å². The minimum Gasteiger partial charge on any atom is -0.489 e. The van der Waals surface area contributed by atoms with Gasteiger partial charge in [0.2, 0.25) is 5.91 Å². The van der Waals surface area contributed by atoms with Gasteiger partial charge in [0.15, 0.2) is 0 Å². The van der Waals surface area contributed by atoms with Gasteiger partial charge in [-0.2, -0.15) is 5.26 Å². The summed E-state index contributed by atoms with van der Waals surface area (Å²) in [6.45, 7) is 4.30. The quantitative estimate of drug-likeness (QED) is 0.655. The van der Waals surface area contributed by atoms with E-state index in [1.54, 1.807) is 24.3 Å². The number of nitriles is 1. The van der Waals surface area contributed by atoms with Crippen LogP contribution in [-0.2, 0) is 11.4 Å². The molecule has 0 fully saturated rings. The molecule has 0 aromatic heterocycles. The monoisotopic (exact) mass is 379 g/mol. The van der Waals surface area contributed by atoms with Crippen LogP contribution in [0.3, 0.4) is 0 Å². The number of nitrogens with zero attached hydrogens (tertiary/aromatic N) is 1. The van der Waals surface area contributed by atoms with Crippen LogP contribution < -0.4 is 15.4 Å². The number of rotatable bonds is 9. The molecule has 146 valence electrons. The lowest BCUT2D eigenvalue weighted by Crippen LogP contribution is -2.47. The first-order valence-electron chi connectivity index (χ1n) is 9.22. The maximum absolute atomic E-state index is 12.5. The van der Waals surface area contributed by atoms with E-state index >= 15 is 0 Å². The van der Waals surface area contributed by atoms with E-state index in [-0.39, 0.29) is 24.3 Å². The highest BCUT2D eigenvalue weighted by molar-refractivity contribution is 5.97. The zero-order valence-corrected chi connectivity index (χ0v) is 16.1. The average Bonchev–Trinajstić information content (AvgIpc) is 2.70. The van der Waals surface area contributed by atoms with Gasteiger partial charge >= 0.3 is 0 Å². The van der Waals surface area contributed by atoms with Gasteiger partial charge in [-0.1, -0.05) is 44.2 Å². The first kappa shape index (κ1) is 21.0. The SMILES string of the molecule is CC(C)C[C@H](NC(=O)c1ccc(OCc2ccccc2)cc1)C(=O)NCC#N. The summed E-state index contributed by atoms with van der Waals surface area (Å²) in [6, 6.07) is 17.8. The van der Waals surface area contributed by atoms with Gasteiger partial charge in [-0.05, 0) is 42.2 Å². The molecule has 6 nitrogen and oxygen atoms in total. The first-order valence-corrected chi connectivity index (χ1v) is 9.22. The smallest absolute Gasteiger partial charge is 0.251 e. The molecule has 6 heteroatoms. The van der Waals surface area contributed by atoms with Gasteiger partial charge < -0.3 is 15.4 Å². The van der Waals surface area contributed by atoms with Gasteiger partial charge in [-0.25, -0.2) is 0 Å². The molecule has 2 amide bonds. The van der Waals surface area contributed by atoms with Crippen molar-refractivity contribution in [3.05, 3.63) is 65.7 Å². The third kappa shape index (κ3) is 6.76. The fourth-order valence-electron chi connectivity index (χ4n) is 2.64. The van der Waals surface area contributed by atoms with Gasteiger partial charge in [-0.3, -0.25) is 9.59 Å². The van der Waals surface area contributed by atoms with Crippen LogP contribution in [0.1, 0.15) is 36.2 Å². The van der Waals surface area contributed by atoms with Gasteiger partial charge in [0, 0.05) is 5.56 Å². The molecule has 28 heavy (non-hydrogen) atoms. The molecule has 2 aromatic rings. The van der Waals surface area contributed by atoms with E-state index in [0.717, 1.165) is 5.56 Å². The number of benzene rings is 2. The van der Waals surface area contributed by atoms with Crippen molar-refractivity contribution < 1.29 is 14.3 Å². The van der Waals surface area contributed by atoms with Crippen LogP contribution in [0.25, 0.3) is 0 Å². The van der Waals surface area contributed by atoms with Crippen molar-refractivity contribution in [3.8, 4) is 11.8 Å². The Labute approximate surface area is 165 Å². The van der Waals surface area contributed by atoms with Crippen LogP contribution >= 0.6 is 0 Å². The molecule has 0 heterocycles. The van der Waals surface area contributed by atoms with E-state index in [2.05, 4.69) is 10.6 Å². The zero-order chi connectivity index (χ0) is 20.4. The second kappa shape index (κ2) is 10.7. The lowest BCUT2D eigenvalue weighted by atomic mass is 10.0. The Balaban J connectivity index is 1.96. The Bertz CT molecular complexity index is 811. The molecule has 0 unspecified atom stereocenters. The number of amides is 2. The van der Waals surface area contributed by atoms with Crippen molar-refractivity contribution in [1.82, 2.24) is 10.6 Å². The third-order valence-electron chi connectivity index (χ3n) is 4.04. The van der Waals surface area contributed by atoms with Gasteiger partial charge in [0.25, 0.3) is 5.91 Å². The van der Waals surface area contributed by atoms with Gasteiger partial charge in [-0.15, -0.1) is 0 Å². The van der Waals surface area contributed by atoms with E-state index in [9.17, 15) is 9.59 Å². The van der Waals surface area contributed by atoms with Crippen LogP contribution in [-0.4, -0.2) is 24.4 Å². The van der Waals surface area contributed by atoms with E-state index in [0.29, 0.717) is 24.3 Å². The summed E-state index contributed by atoms with van der Waals surface area (Å²) in [5.41, 5.74) is 1.50. The highest BCUT2D eigenvalue weighted by atomic mass is 16.5. The maximum atomic E-state index is 12.5. The minimum absolute atomic E-state index is 0.0866. The Hall–Kier alpha value is -3.33. The van der Waals surface area contributed by atoms with Crippen LogP contribution in [0.5, 0.6) is 5.75 Å². The predicted molar refractivity (Wildman–Crippen MR) is 107 cm³/mol. The second-order valence-electron chi connectivity index (χ2n) is 6.83. The van der Waals surface area contributed by atoms with E-state index in [4.69, 9.17) is 10.00 Å². The molecule has 0 radical (unpaired) electrons. The standard InChI is InChI=1S/C22H25N3O3/c1-16(2)14-20(22(27)24-13-12-23)25-21(26)18-8-10-19(11-9-18)28-15-17-6-4-3-5-7-17/h3-11,16,20H,13-15H2,1-2H3,(H,24,27)(H,25,26)/t20-/m0/s1. The largest absolute Gasteiger partial charge is 0.489 e. The maximum Gasteiger partial charge on any atom is 0.251 e. The van der Waals surface area contributed by atoms with Crippen molar-refractivity contribution in [3.63, 3.8) is 0 Å². The number of hydrogen-bond donors (Lipinski definition) is 2. The van der Waals surface area contributed by atoms with E-state index < -0.39 is 6.04 Å². The molecular formula is C22H25N3O3. The van der Waals surface area contributed by atoms with Crippen LogP contribution in [0.2, 0.25) is 0 Å². The molecule has 2 aromatic carbocycles. The number of carbonyl (C=O) groups is 2. The Morgan fingerprint density at radius 1 is 1.07 bits per heavy atom. The Morgan fingerprint density at radius 3 is 2.36 bits per heavy atom. The summed E-state index contributed by atoms with van der Waals surface area (Å²) in [5.74, 6) is 0.177. The Kier molecular flexibility index (Phi) is 8.04. The highest BCUT2D eigenvalue weighted by Gasteiger charge is 2.22. The molecule has 0 saturated carbocycles. The number of carbonyl (C=O) groups excluding carboxylic acids is 2. The molecule has 1 atom stereocenters. The second-order valence-corrected chi connectivity index (χ2v) is 6.83. The summed E-state index contributed by atoms with van der Waals surface area (Å²) in [4.78, 5) is 24.7.